The summed E-state index contributed by atoms with van der Waals surface area (Å²) in [5.41, 5.74) is 2.87. The van der Waals surface area contributed by atoms with E-state index in [1.54, 1.807) is 12.4 Å². The topological polar surface area (TPSA) is 76.4 Å². The third-order valence-corrected chi connectivity index (χ3v) is 7.26. The quantitative estimate of drug-likeness (QED) is 0.300. The van der Waals surface area contributed by atoms with Gasteiger partial charge >= 0.3 is 0 Å². The summed E-state index contributed by atoms with van der Waals surface area (Å²) in [5, 5.41) is 10.3. The first-order valence-electron chi connectivity index (χ1n) is 12.1. The molecule has 1 saturated heterocycles. The van der Waals surface area contributed by atoms with Crippen molar-refractivity contribution in [3.63, 3.8) is 0 Å². The van der Waals surface area contributed by atoms with Crippen LogP contribution in [0, 0.1) is 0 Å². The number of ether oxygens (including phenoxy) is 1. The van der Waals surface area contributed by atoms with E-state index in [4.69, 9.17) is 16.3 Å². The first kappa shape index (κ1) is 25.1. The van der Waals surface area contributed by atoms with Gasteiger partial charge in [0.15, 0.2) is 11.0 Å². The average Bonchev–Trinajstić information content (AvgIpc) is 3.37. The number of amides is 1. The number of carbonyl (C=O) groups excluding carboxylic acids is 1. The number of carbonyl (C=O) groups is 1. The fourth-order valence-electron chi connectivity index (χ4n) is 4.25. The number of piperazine rings is 1. The van der Waals surface area contributed by atoms with Gasteiger partial charge in [-0.15, -0.1) is 10.2 Å². The van der Waals surface area contributed by atoms with Crippen molar-refractivity contribution in [3.05, 3.63) is 78.1 Å². The lowest BCUT2D eigenvalue weighted by atomic mass is 10.2. The zero-order chi connectivity index (χ0) is 25.6. The maximum Gasteiger partial charge on any atom is 0.233 e. The molecule has 0 radical (unpaired) electrons. The van der Waals surface area contributed by atoms with Crippen LogP contribution in [0.3, 0.4) is 0 Å². The van der Waals surface area contributed by atoms with Crippen LogP contribution in [0.2, 0.25) is 5.02 Å². The molecule has 0 N–H and O–H groups in total. The standard InChI is InChI=1S/C27H27ClN6O2S/c1-2-36-24-8-6-22(7-9-24)34-26(20-10-12-29-13-11-20)30-31-27(34)37-19-25(35)33-16-14-32(15-17-33)23-5-3-4-21(28)18-23/h3-13,18H,2,14-17,19H2,1H3. The molecule has 1 fully saturated rings. The van der Waals surface area contributed by atoms with E-state index in [2.05, 4.69) is 20.1 Å². The van der Waals surface area contributed by atoms with Crippen molar-refractivity contribution < 1.29 is 9.53 Å². The van der Waals surface area contributed by atoms with Crippen LogP contribution in [-0.4, -0.2) is 69.1 Å². The minimum atomic E-state index is 0.0856. The number of nitrogens with zero attached hydrogens (tertiary/aromatic N) is 6. The van der Waals surface area contributed by atoms with Crippen molar-refractivity contribution in [3.8, 4) is 22.8 Å². The molecule has 0 atom stereocenters. The Hall–Kier alpha value is -3.56. The molecule has 1 aliphatic heterocycles. The molecule has 3 heterocycles. The fraction of sp³-hybridized carbons (Fsp3) is 0.259. The van der Waals surface area contributed by atoms with Gasteiger partial charge in [0, 0.05) is 60.5 Å². The Kier molecular flexibility index (Phi) is 7.91. The van der Waals surface area contributed by atoms with Crippen molar-refractivity contribution in [1.82, 2.24) is 24.6 Å². The van der Waals surface area contributed by atoms with Crippen molar-refractivity contribution in [2.24, 2.45) is 0 Å². The Morgan fingerprint density at radius 1 is 0.973 bits per heavy atom. The van der Waals surface area contributed by atoms with Crippen molar-refractivity contribution in [2.45, 2.75) is 12.1 Å². The van der Waals surface area contributed by atoms with Gasteiger partial charge in [0.05, 0.1) is 12.4 Å². The first-order valence-corrected chi connectivity index (χ1v) is 13.5. The number of hydrogen-bond acceptors (Lipinski definition) is 7. The third kappa shape index (κ3) is 5.89. The second-order valence-corrected chi connectivity index (χ2v) is 9.82. The number of benzene rings is 2. The molecule has 10 heteroatoms. The maximum absolute atomic E-state index is 13.1. The molecule has 190 valence electrons. The number of rotatable bonds is 8. The minimum Gasteiger partial charge on any atom is -0.494 e. The van der Waals surface area contributed by atoms with Gasteiger partial charge in [-0.05, 0) is 61.5 Å². The Morgan fingerprint density at radius 2 is 1.73 bits per heavy atom. The van der Waals surface area contributed by atoms with Crippen LogP contribution in [0.15, 0.2) is 78.2 Å². The van der Waals surface area contributed by atoms with Gasteiger partial charge in [-0.3, -0.25) is 14.3 Å². The molecule has 4 aromatic rings. The second-order valence-electron chi connectivity index (χ2n) is 8.44. The molecule has 2 aromatic carbocycles. The Morgan fingerprint density at radius 3 is 2.43 bits per heavy atom. The summed E-state index contributed by atoms with van der Waals surface area (Å²) in [4.78, 5) is 21.4. The van der Waals surface area contributed by atoms with E-state index < -0.39 is 0 Å². The Labute approximate surface area is 225 Å². The third-order valence-electron chi connectivity index (χ3n) is 6.11. The summed E-state index contributed by atoms with van der Waals surface area (Å²) in [6.07, 6.45) is 3.46. The van der Waals surface area contributed by atoms with Gasteiger partial charge in [-0.25, -0.2) is 0 Å². The molecular formula is C27H27ClN6O2S. The molecule has 0 spiro atoms. The van der Waals surface area contributed by atoms with Crippen LogP contribution >= 0.6 is 23.4 Å². The van der Waals surface area contributed by atoms with Crippen LogP contribution in [0.25, 0.3) is 17.1 Å². The van der Waals surface area contributed by atoms with Gasteiger partial charge in [0.25, 0.3) is 0 Å². The highest BCUT2D eigenvalue weighted by molar-refractivity contribution is 7.99. The predicted octanol–water partition coefficient (Wildman–Crippen LogP) is 4.82. The van der Waals surface area contributed by atoms with E-state index in [9.17, 15) is 4.79 Å². The molecule has 0 saturated carbocycles. The molecule has 5 rings (SSSR count). The van der Waals surface area contributed by atoms with Crippen LogP contribution < -0.4 is 9.64 Å². The van der Waals surface area contributed by atoms with Gasteiger partial charge < -0.3 is 14.5 Å². The zero-order valence-corrected chi connectivity index (χ0v) is 22.0. The summed E-state index contributed by atoms with van der Waals surface area (Å²) in [5.74, 6) is 1.85. The highest BCUT2D eigenvalue weighted by Gasteiger charge is 2.23. The average molecular weight is 535 g/mol. The monoisotopic (exact) mass is 534 g/mol. The minimum absolute atomic E-state index is 0.0856. The molecule has 0 bridgehead atoms. The number of pyridine rings is 1. The van der Waals surface area contributed by atoms with E-state index in [0.717, 1.165) is 40.8 Å². The van der Waals surface area contributed by atoms with E-state index in [-0.39, 0.29) is 11.7 Å². The predicted molar refractivity (Wildman–Crippen MR) is 147 cm³/mol. The zero-order valence-electron chi connectivity index (χ0n) is 20.5. The molecule has 8 nitrogen and oxygen atoms in total. The highest BCUT2D eigenvalue weighted by Crippen LogP contribution is 2.29. The molecule has 0 aliphatic carbocycles. The summed E-state index contributed by atoms with van der Waals surface area (Å²) < 4.78 is 7.57. The van der Waals surface area contributed by atoms with E-state index in [1.807, 2.05) is 77.1 Å². The lowest BCUT2D eigenvalue weighted by Crippen LogP contribution is -2.49. The molecule has 2 aromatic heterocycles. The molecule has 1 aliphatic rings. The van der Waals surface area contributed by atoms with Gasteiger partial charge in [-0.1, -0.05) is 29.4 Å². The van der Waals surface area contributed by atoms with Crippen LogP contribution in [0.4, 0.5) is 5.69 Å². The van der Waals surface area contributed by atoms with Crippen LogP contribution in [0.1, 0.15) is 6.92 Å². The number of thioether (sulfide) groups is 1. The van der Waals surface area contributed by atoms with Crippen molar-refractivity contribution in [2.75, 3.05) is 43.4 Å². The summed E-state index contributed by atoms with van der Waals surface area (Å²) in [7, 11) is 0. The maximum atomic E-state index is 13.1. The van der Waals surface area contributed by atoms with E-state index in [1.165, 1.54) is 11.8 Å². The Balaban J connectivity index is 1.29. The number of aromatic nitrogens is 4. The SMILES string of the molecule is CCOc1ccc(-n2c(SCC(=O)N3CCN(c4cccc(Cl)c4)CC3)nnc2-c2ccncc2)cc1. The van der Waals surface area contributed by atoms with Crippen LogP contribution in [0.5, 0.6) is 5.75 Å². The summed E-state index contributed by atoms with van der Waals surface area (Å²) >= 11 is 7.54. The fourth-order valence-corrected chi connectivity index (χ4v) is 5.29. The van der Waals surface area contributed by atoms with Crippen molar-refractivity contribution in [1.29, 1.82) is 0 Å². The summed E-state index contributed by atoms with van der Waals surface area (Å²) in [6, 6.07) is 19.4. The largest absolute Gasteiger partial charge is 0.494 e. The normalized spacial score (nSPS) is 13.6. The van der Waals surface area contributed by atoms with Gasteiger partial charge in [-0.2, -0.15) is 0 Å². The molecular weight excluding hydrogens is 508 g/mol. The van der Waals surface area contributed by atoms with E-state index >= 15 is 0 Å². The molecule has 37 heavy (non-hydrogen) atoms. The van der Waals surface area contributed by atoms with Gasteiger partial charge in [0.1, 0.15) is 5.75 Å². The van der Waals surface area contributed by atoms with E-state index in [0.29, 0.717) is 30.7 Å². The highest BCUT2D eigenvalue weighted by atomic mass is 35.5. The van der Waals surface area contributed by atoms with Crippen molar-refractivity contribution >= 4 is 35.0 Å². The Bertz CT molecular complexity index is 1340. The number of hydrogen-bond donors (Lipinski definition) is 0. The lowest BCUT2D eigenvalue weighted by molar-refractivity contribution is -0.128. The smallest absolute Gasteiger partial charge is 0.233 e. The van der Waals surface area contributed by atoms with Gasteiger partial charge in [0.2, 0.25) is 5.91 Å². The number of halogens is 1. The first-order chi connectivity index (χ1) is 18.1. The number of anilines is 1. The van der Waals surface area contributed by atoms with Crippen LogP contribution in [-0.2, 0) is 4.79 Å². The molecule has 1 amide bonds. The second kappa shape index (κ2) is 11.7. The summed E-state index contributed by atoms with van der Waals surface area (Å²) in [6.45, 7) is 5.43. The lowest BCUT2D eigenvalue weighted by Gasteiger charge is -2.36. The molecule has 0 unspecified atom stereocenters.